The van der Waals surface area contributed by atoms with Gasteiger partial charge in [-0.05, 0) is 79.6 Å². The van der Waals surface area contributed by atoms with Gasteiger partial charge in [-0.2, -0.15) is 12.6 Å². The first-order valence-electron chi connectivity index (χ1n) is 14.9. The predicted molar refractivity (Wildman–Crippen MR) is 181 cm³/mol. The Morgan fingerprint density at radius 2 is 1.86 bits per heavy atom. The van der Waals surface area contributed by atoms with E-state index >= 15 is 0 Å². The van der Waals surface area contributed by atoms with E-state index in [4.69, 9.17) is 0 Å². The largest absolute Gasteiger partial charge is 0.368 e. The third kappa shape index (κ3) is 6.51. The van der Waals surface area contributed by atoms with Crippen LogP contribution in [-0.2, 0) is 19.9 Å². The van der Waals surface area contributed by atoms with E-state index in [0.717, 1.165) is 84.3 Å². The van der Waals surface area contributed by atoms with Crippen LogP contribution in [-0.4, -0.2) is 58.8 Å². The molecule has 1 saturated heterocycles. The molecule has 0 spiro atoms. The summed E-state index contributed by atoms with van der Waals surface area (Å²) in [5, 5.41) is 6.38. The standard InChI is InChI=1S/C33H38N6O2S2/c1-22-26(7-5-8-27(22)36-32(40)30-19-23-6-3-4-9-29(23)43-30)24-18-28(33(41)37(2)21-24)35-31-11-10-25(20-34-31)39-14-12-38(13-15-39)16-17-42/h5,7-8,10-11,18-21,42H,3-4,6,9,12-17H2,1-2H3,(H,34,35)(H,36,40). The van der Waals surface area contributed by atoms with Gasteiger partial charge in [0.1, 0.15) is 11.5 Å². The quantitative estimate of drug-likeness (QED) is 0.220. The number of nitrogens with zero attached hydrogens (tertiary/aromatic N) is 4. The molecule has 3 aromatic heterocycles. The average Bonchev–Trinajstić information content (AvgIpc) is 3.46. The summed E-state index contributed by atoms with van der Waals surface area (Å²) in [7, 11) is 1.75. The molecule has 1 aromatic carbocycles. The number of benzene rings is 1. The van der Waals surface area contributed by atoms with Crippen molar-refractivity contribution in [1.82, 2.24) is 14.5 Å². The number of nitrogens with one attached hydrogen (secondary N) is 2. The third-order valence-corrected chi connectivity index (χ3v) is 9.90. The van der Waals surface area contributed by atoms with E-state index in [1.807, 2.05) is 49.6 Å². The summed E-state index contributed by atoms with van der Waals surface area (Å²) in [6, 6.07) is 13.8. The van der Waals surface area contributed by atoms with E-state index < -0.39 is 0 Å². The van der Waals surface area contributed by atoms with Crippen LogP contribution in [0, 0.1) is 6.92 Å². The molecule has 8 nitrogen and oxygen atoms in total. The highest BCUT2D eigenvalue weighted by molar-refractivity contribution is 7.80. The minimum atomic E-state index is -0.140. The van der Waals surface area contributed by atoms with E-state index in [-0.39, 0.29) is 11.5 Å². The first-order chi connectivity index (χ1) is 20.9. The minimum absolute atomic E-state index is 0.0727. The van der Waals surface area contributed by atoms with Crippen LogP contribution in [0.25, 0.3) is 11.1 Å². The Hall–Kier alpha value is -3.60. The summed E-state index contributed by atoms with van der Waals surface area (Å²) in [6.45, 7) is 6.97. The number of anilines is 4. The SMILES string of the molecule is Cc1c(NC(=O)c2cc3c(s2)CCCC3)cccc1-c1cc(Nc2ccc(N3CCN(CCS)CC3)cn2)c(=O)n(C)c1. The number of aromatic nitrogens is 2. The van der Waals surface area contributed by atoms with Crippen molar-refractivity contribution < 1.29 is 4.79 Å². The molecule has 224 valence electrons. The number of piperazine rings is 1. The number of carbonyl (C=O) groups is 1. The van der Waals surface area contributed by atoms with E-state index in [9.17, 15) is 9.59 Å². The van der Waals surface area contributed by atoms with Crippen LogP contribution in [0.3, 0.4) is 0 Å². The van der Waals surface area contributed by atoms with Gasteiger partial charge in [-0.25, -0.2) is 4.98 Å². The number of rotatable bonds is 8. The molecule has 0 unspecified atom stereocenters. The van der Waals surface area contributed by atoms with Gasteiger partial charge in [0.15, 0.2) is 0 Å². The Kier molecular flexibility index (Phi) is 8.88. The average molecular weight is 615 g/mol. The fourth-order valence-electron chi connectivity index (χ4n) is 5.98. The van der Waals surface area contributed by atoms with Gasteiger partial charge in [0.25, 0.3) is 11.5 Å². The number of carbonyl (C=O) groups excluding carboxylic acids is 1. The number of amides is 1. The highest BCUT2D eigenvalue weighted by atomic mass is 32.1. The molecule has 1 amide bonds. The Balaban J connectivity index is 1.19. The van der Waals surface area contributed by atoms with Crippen LogP contribution >= 0.6 is 24.0 Å². The van der Waals surface area contributed by atoms with Crippen molar-refractivity contribution in [2.24, 2.45) is 7.05 Å². The number of aryl methyl sites for hydroxylation is 3. The predicted octanol–water partition coefficient (Wildman–Crippen LogP) is 5.74. The molecule has 10 heteroatoms. The van der Waals surface area contributed by atoms with Crippen molar-refractivity contribution in [3.63, 3.8) is 0 Å². The summed E-state index contributed by atoms with van der Waals surface area (Å²) in [5.41, 5.74) is 6.23. The molecule has 0 saturated carbocycles. The number of fused-ring (bicyclic) bond motifs is 1. The first kappa shape index (κ1) is 29.5. The lowest BCUT2D eigenvalue weighted by Gasteiger charge is -2.35. The third-order valence-electron chi connectivity index (χ3n) is 8.46. The van der Waals surface area contributed by atoms with Crippen molar-refractivity contribution in [2.45, 2.75) is 32.6 Å². The molecule has 1 fully saturated rings. The molecule has 0 atom stereocenters. The van der Waals surface area contributed by atoms with Gasteiger partial charge in [-0.1, -0.05) is 12.1 Å². The van der Waals surface area contributed by atoms with Crippen LogP contribution in [0.15, 0.2) is 59.7 Å². The van der Waals surface area contributed by atoms with Gasteiger partial charge in [-0.3, -0.25) is 14.5 Å². The molecule has 4 heterocycles. The van der Waals surface area contributed by atoms with E-state index in [1.54, 1.807) is 23.0 Å². The zero-order chi connectivity index (χ0) is 29.9. The van der Waals surface area contributed by atoms with Crippen LogP contribution in [0.4, 0.5) is 22.9 Å². The molecular weight excluding hydrogens is 577 g/mol. The maximum absolute atomic E-state index is 13.2. The van der Waals surface area contributed by atoms with Crippen molar-refractivity contribution in [1.29, 1.82) is 0 Å². The lowest BCUT2D eigenvalue weighted by molar-refractivity contribution is 0.103. The molecule has 43 heavy (non-hydrogen) atoms. The van der Waals surface area contributed by atoms with Crippen molar-refractivity contribution in [3.05, 3.63) is 86.1 Å². The monoisotopic (exact) mass is 614 g/mol. The molecule has 0 radical (unpaired) electrons. The second-order valence-corrected chi connectivity index (χ2v) is 12.9. The Labute approximate surface area is 262 Å². The number of hydrogen-bond acceptors (Lipinski definition) is 8. The summed E-state index contributed by atoms with van der Waals surface area (Å²) in [5.74, 6) is 1.42. The topological polar surface area (TPSA) is 82.5 Å². The van der Waals surface area contributed by atoms with Crippen molar-refractivity contribution in [2.75, 3.05) is 54.0 Å². The maximum Gasteiger partial charge on any atom is 0.274 e. The molecule has 1 aliphatic heterocycles. The normalized spacial score (nSPS) is 15.3. The molecule has 2 aliphatic rings. The van der Waals surface area contributed by atoms with Gasteiger partial charge in [0.05, 0.1) is 16.8 Å². The lowest BCUT2D eigenvalue weighted by atomic mass is 9.99. The van der Waals surface area contributed by atoms with Gasteiger partial charge >= 0.3 is 0 Å². The molecule has 6 rings (SSSR count). The Morgan fingerprint density at radius 3 is 2.60 bits per heavy atom. The van der Waals surface area contributed by atoms with Crippen LogP contribution < -0.4 is 21.1 Å². The Morgan fingerprint density at radius 1 is 1.05 bits per heavy atom. The maximum atomic E-state index is 13.2. The highest BCUT2D eigenvalue weighted by Gasteiger charge is 2.20. The molecule has 2 N–H and O–H groups in total. The van der Waals surface area contributed by atoms with Gasteiger partial charge in [-0.15, -0.1) is 11.3 Å². The summed E-state index contributed by atoms with van der Waals surface area (Å²) >= 11 is 5.96. The molecule has 1 aliphatic carbocycles. The van der Waals surface area contributed by atoms with Crippen LogP contribution in [0.5, 0.6) is 0 Å². The van der Waals surface area contributed by atoms with E-state index in [0.29, 0.717) is 11.5 Å². The summed E-state index contributed by atoms with van der Waals surface area (Å²) in [6.07, 6.45) is 8.22. The van der Waals surface area contributed by atoms with Gasteiger partial charge < -0.3 is 20.1 Å². The van der Waals surface area contributed by atoms with E-state index in [2.05, 4.69) is 50.2 Å². The molecular formula is C33H38N6O2S2. The number of thiophene rings is 1. The first-order valence-corrected chi connectivity index (χ1v) is 16.4. The van der Waals surface area contributed by atoms with Crippen LogP contribution in [0.1, 0.15) is 38.5 Å². The lowest BCUT2D eigenvalue weighted by Crippen LogP contribution is -2.47. The zero-order valence-corrected chi connectivity index (χ0v) is 26.4. The van der Waals surface area contributed by atoms with Gasteiger partial charge in [0, 0.05) is 67.8 Å². The van der Waals surface area contributed by atoms with Crippen LogP contribution in [0.2, 0.25) is 0 Å². The number of pyridine rings is 2. The smallest absolute Gasteiger partial charge is 0.274 e. The number of thiol groups is 1. The number of hydrogen-bond donors (Lipinski definition) is 3. The minimum Gasteiger partial charge on any atom is -0.368 e. The van der Waals surface area contributed by atoms with E-state index in [1.165, 1.54) is 23.3 Å². The highest BCUT2D eigenvalue weighted by Crippen LogP contribution is 2.33. The fraction of sp³-hybridized carbons (Fsp3) is 0.364. The molecule has 0 bridgehead atoms. The Bertz CT molecular complexity index is 1650. The van der Waals surface area contributed by atoms with Gasteiger partial charge in [0.2, 0.25) is 0 Å². The summed E-state index contributed by atoms with van der Waals surface area (Å²) < 4.78 is 1.58. The van der Waals surface area contributed by atoms with Crippen molar-refractivity contribution >= 4 is 52.8 Å². The second-order valence-electron chi connectivity index (χ2n) is 11.3. The van der Waals surface area contributed by atoms with Crippen molar-refractivity contribution in [3.8, 4) is 11.1 Å². The molecule has 4 aromatic rings. The zero-order valence-electron chi connectivity index (χ0n) is 24.7. The second kappa shape index (κ2) is 13.0. The fourth-order valence-corrected chi connectivity index (χ4v) is 7.41. The summed E-state index contributed by atoms with van der Waals surface area (Å²) in [4.78, 5) is 37.8.